The van der Waals surface area contributed by atoms with E-state index in [1.54, 1.807) is 25.1 Å². The van der Waals surface area contributed by atoms with Crippen LogP contribution in [0.2, 0.25) is 0 Å². The summed E-state index contributed by atoms with van der Waals surface area (Å²) in [7, 11) is 0. The number of benzene rings is 1. The van der Waals surface area contributed by atoms with Gasteiger partial charge in [-0.15, -0.1) is 0 Å². The fourth-order valence-corrected chi connectivity index (χ4v) is 1.96. The monoisotopic (exact) mass is 275 g/mol. The Kier molecular flexibility index (Phi) is 2.53. The molecule has 9 heteroatoms. The summed E-state index contributed by atoms with van der Waals surface area (Å²) in [6.07, 6.45) is -0.711. The number of rotatable bonds is 2. The molecule has 9 nitrogen and oxygen atoms in total. The van der Waals surface area contributed by atoms with E-state index in [2.05, 4.69) is 20.7 Å². The minimum absolute atomic E-state index is 0.112. The number of nitro groups is 1. The molecule has 1 aliphatic heterocycles. The van der Waals surface area contributed by atoms with Gasteiger partial charge in [0.15, 0.2) is 5.82 Å². The molecule has 3 rings (SSSR count). The van der Waals surface area contributed by atoms with E-state index >= 15 is 0 Å². The largest absolute Gasteiger partial charge is 0.437 e. The molecule has 2 aromatic rings. The zero-order valence-corrected chi connectivity index (χ0v) is 10.3. The average molecular weight is 275 g/mol. The van der Waals surface area contributed by atoms with E-state index in [1.165, 1.54) is 10.7 Å². The van der Waals surface area contributed by atoms with Crippen molar-refractivity contribution < 1.29 is 14.6 Å². The molecule has 0 spiro atoms. The number of nitrogens with one attached hydrogen (secondary N) is 2. The molecular formula is C11H9N5O4. The first-order valence-corrected chi connectivity index (χ1v) is 5.65. The molecule has 1 aliphatic rings. The number of nitrogens with zero attached hydrogens (tertiary/aromatic N) is 3. The van der Waals surface area contributed by atoms with Crippen LogP contribution in [0.15, 0.2) is 24.3 Å². The topological polar surface area (TPSA) is 111 Å². The van der Waals surface area contributed by atoms with Crippen molar-refractivity contribution in [2.24, 2.45) is 0 Å². The SMILES string of the molecule is Cc1nn(-c2ccccc2[N+](=O)[O-])c2c1NOC(=O)N2. The number of hydrogen-bond acceptors (Lipinski definition) is 6. The Morgan fingerprint density at radius 2 is 2.15 bits per heavy atom. The molecule has 0 aliphatic carbocycles. The quantitative estimate of drug-likeness (QED) is 0.640. The van der Waals surface area contributed by atoms with Crippen LogP contribution in [0.5, 0.6) is 0 Å². The molecule has 0 fully saturated rings. The van der Waals surface area contributed by atoms with Gasteiger partial charge in [-0.1, -0.05) is 12.1 Å². The molecule has 0 bridgehead atoms. The maximum atomic E-state index is 11.3. The molecule has 0 saturated heterocycles. The van der Waals surface area contributed by atoms with Crippen LogP contribution in [-0.2, 0) is 4.84 Å². The predicted molar refractivity (Wildman–Crippen MR) is 68.7 cm³/mol. The summed E-state index contributed by atoms with van der Waals surface area (Å²) in [5.41, 5.74) is 3.60. The fourth-order valence-electron chi connectivity index (χ4n) is 1.96. The third-order valence-corrected chi connectivity index (χ3v) is 2.83. The minimum Gasteiger partial charge on any atom is -0.324 e. The predicted octanol–water partition coefficient (Wildman–Crippen LogP) is 1.98. The lowest BCUT2D eigenvalue weighted by Crippen LogP contribution is -2.25. The van der Waals surface area contributed by atoms with Crippen LogP contribution in [0.4, 0.5) is 22.0 Å². The Morgan fingerprint density at radius 1 is 1.40 bits per heavy atom. The summed E-state index contributed by atoms with van der Waals surface area (Å²) in [4.78, 5) is 26.5. The fraction of sp³-hybridized carbons (Fsp3) is 0.0909. The summed E-state index contributed by atoms with van der Waals surface area (Å²) in [5, 5.41) is 17.7. The lowest BCUT2D eigenvalue weighted by molar-refractivity contribution is -0.384. The van der Waals surface area contributed by atoms with Gasteiger partial charge < -0.3 is 4.84 Å². The van der Waals surface area contributed by atoms with Crippen LogP contribution in [0.3, 0.4) is 0 Å². The van der Waals surface area contributed by atoms with Crippen molar-refractivity contribution in [1.29, 1.82) is 0 Å². The summed E-state index contributed by atoms with van der Waals surface area (Å²) in [6, 6.07) is 6.13. The van der Waals surface area contributed by atoms with Crippen LogP contribution in [0.1, 0.15) is 5.69 Å². The zero-order chi connectivity index (χ0) is 14.3. The average Bonchev–Trinajstić information content (AvgIpc) is 2.75. The lowest BCUT2D eigenvalue weighted by atomic mass is 10.2. The Balaban J connectivity index is 2.21. The van der Waals surface area contributed by atoms with Crippen LogP contribution < -0.4 is 10.8 Å². The van der Waals surface area contributed by atoms with Crippen molar-refractivity contribution in [3.05, 3.63) is 40.1 Å². The van der Waals surface area contributed by atoms with Gasteiger partial charge in [0.1, 0.15) is 11.4 Å². The highest BCUT2D eigenvalue weighted by molar-refractivity contribution is 5.92. The van der Waals surface area contributed by atoms with Gasteiger partial charge in [-0.3, -0.25) is 15.4 Å². The maximum absolute atomic E-state index is 11.3. The van der Waals surface area contributed by atoms with E-state index in [1.807, 2.05) is 0 Å². The molecule has 1 amide bonds. The molecular weight excluding hydrogens is 266 g/mol. The maximum Gasteiger partial charge on any atom is 0.437 e. The van der Waals surface area contributed by atoms with Crippen molar-refractivity contribution in [2.45, 2.75) is 6.92 Å². The summed E-state index contributed by atoms with van der Waals surface area (Å²) in [5.74, 6) is 0.299. The molecule has 0 atom stereocenters. The standard InChI is InChI=1S/C11H9N5O4/c1-6-9-10(12-11(17)20-14-9)15(13-6)7-4-2-3-5-8(7)16(18)19/h2-5,14H,1H3,(H,12,17). The Labute approximate surface area is 112 Å². The van der Waals surface area contributed by atoms with Gasteiger partial charge in [0.2, 0.25) is 0 Å². The molecule has 0 radical (unpaired) electrons. The lowest BCUT2D eigenvalue weighted by Gasteiger charge is -2.16. The van der Waals surface area contributed by atoms with Gasteiger partial charge in [0.25, 0.3) is 5.69 Å². The smallest absolute Gasteiger partial charge is 0.324 e. The minimum atomic E-state index is -0.711. The number of aryl methyl sites for hydroxylation is 1. The van der Waals surface area contributed by atoms with Gasteiger partial charge in [-0.25, -0.2) is 15.0 Å². The number of carbonyl (C=O) groups excluding carboxylic acids is 1. The third-order valence-electron chi connectivity index (χ3n) is 2.83. The van der Waals surface area contributed by atoms with E-state index in [0.717, 1.165) is 0 Å². The number of nitro benzene ring substituents is 1. The number of aromatic nitrogens is 2. The van der Waals surface area contributed by atoms with E-state index in [9.17, 15) is 14.9 Å². The molecule has 2 heterocycles. The van der Waals surface area contributed by atoms with E-state index < -0.39 is 11.0 Å². The summed E-state index contributed by atoms with van der Waals surface area (Å²) >= 11 is 0. The van der Waals surface area contributed by atoms with Crippen LogP contribution in [0, 0.1) is 17.0 Å². The second-order valence-electron chi connectivity index (χ2n) is 4.08. The second-order valence-corrected chi connectivity index (χ2v) is 4.08. The van der Waals surface area contributed by atoms with Crippen molar-refractivity contribution in [2.75, 3.05) is 10.8 Å². The van der Waals surface area contributed by atoms with Crippen molar-refractivity contribution >= 4 is 23.3 Å². The Hall–Kier alpha value is -3.10. The van der Waals surface area contributed by atoms with Crippen LogP contribution >= 0.6 is 0 Å². The van der Waals surface area contributed by atoms with Gasteiger partial charge in [0.05, 0.1) is 10.6 Å². The number of carbonyl (C=O) groups is 1. The van der Waals surface area contributed by atoms with E-state index in [4.69, 9.17) is 0 Å². The van der Waals surface area contributed by atoms with Gasteiger partial charge in [-0.05, 0) is 13.0 Å². The van der Waals surface area contributed by atoms with Gasteiger partial charge in [0, 0.05) is 6.07 Å². The zero-order valence-electron chi connectivity index (χ0n) is 10.3. The highest BCUT2D eigenvalue weighted by Crippen LogP contribution is 2.34. The van der Waals surface area contributed by atoms with Crippen LogP contribution in [0.25, 0.3) is 5.69 Å². The molecule has 102 valence electrons. The van der Waals surface area contributed by atoms with Crippen molar-refractivity contribution in [1.82, 2.24) is 9.78 Å². The first-order valence-electron chi connectivity index (χ1n) is 5.65. The van der Waals surface area contributed by atoms with E-state index in [-0.39, 0.29) is 11.4 Å². The number of para-hydroxylation sites is 2. The van der Waals surface area contributed by atoms with Crippen molar-refractivity contribution in [3.8, 4) is 5.69 Å². The normalized spacial score (nSPS) is 12.9. The third kappa shape index (κ3) is 1.72. The molecule has 20 heavy (non-hydrogen) atoms. The second kappa shape index (κ2) is 4.23. The van der Waals surface area contributed by atoms with Crippen molar-refractivity contribution in [3.63, 3.8) is 0 Å². The number of amides is 1. The highest BCUT2D eigenvalue weighted by Gasteiger charge is 2.27. The molecule has 1 aromatic heterocycles. The first-order chi connectivity index (χ1) is 9.58. The Morgan fingerprint density at radius 3 is 2.90 bits per heavy atom. The molecule has 0 unspecified atom stereocenters. The Bertz CT molecular complexity index is 724. The number of fused-ring (bicyclic) bond motifs is 1. The summed E-state index contributed by atoms with van der Waals surface area (Å²) in [6.45, 7) is 1.69. The first kappa shape index (κ1) is 12.0. The molecule has 0 saturated carbocycles. The highest BCUT2D eigenvalue weighted by atomic mass is 16.7. The molecule has 2 N–H and O–H groups in total. The number of hydrogen-bond donors (Lipinski definition) is 2. The summed E-state index contributed by atoms with van der Waals surface area (Å²) < 4.78 is 1.30. The van der Waals surface area contributed by atoms with Gasteiger partial charge in [-0.2, -0.15) is 5.10 Å². The number of anilines is 2. The molecule has 1 aromatic carbocycles. The van der Waals surface area contributed by atoms with Gasteiger partial charge >= 0.3 is 6.09 Å². The van der Waals surface area contributed by atoms with Crippen LogP contribution in [-0.4, -0.2) is 20.8 Å². The van der Waals surface area contributed by atoms with E-state index in [0.29, 0.717) is 17.2 Å².